The van der Waals surface area contributed by atoms with E-state index in [2.05, 4.69) is 51.2 Å². The van der Waals surface area contributed by atoms with E-state index in [1.165, 1.54) is 37.9 Å². The molecule has 2 heteroatoms. The minimum atomic E-state index is 0.900. The van der Waals surface area contributed by atoms with Crippen molar-refractivity contribution >= 4 is 15.9 Å². The summed E-state index contributed by atoms with van der Waals surface area (Å²) in [4.78, 5) is 2.60. The highest BCUT2D eigenvalue weighted by Crippen LogP contribution is 2.21. The van der Waals surface area contributed by atoms with Gasteiger partial charge in [-0.15, -0.1) is 0 Å². The molecule has 2 rings (SSSR count). The average molecular weight is 282 g/mol. The summed E-state index contributed by atoms with van der Waals surface area (Å²) in [5, 5.41) is 1.15. The molecule has 1 unspecified atom stereocenters. The third kappa shape index (κ3) is 3.60. The van der Waals surface area contributed by atoms with Gasteiger partial charge in [0.1, 0.15) is 0 Å². The maximum Gasteiger partial charge on any atom is 0.0233 e. The number of hydrogen-bond acceptors (Lipinski definition) is 1. The van der Waals surface area contributed by atoms with E-state index in [-0.39, 0.29) is 0 Å². The van der Waals surface area contributed by atoms with Crippen molar-refractivity contribution in [2.75, 3.05) is 18.4 Å². The van der Waals surface area contributed by atoms with Crippen LogP contribution < -0.4 is 0 Å². The van der Waals surface area contributed by atoms with E-state index >= 15 is 0 Å². The first kappa shape index (κ1) is 12.1. The van der Waals surface area contributed by atoms with Crippen LogP contribution in [0.4, 0.5) is 0 Å². The van der Waals surface area contributed by atoms with Crippen LogP contribution >= 0.6 is 15.9 Å². The molecule has 1 aromatic rings. The smallest absolute Gasteiger partial charge is 0.0233 e. The van der Waals surface area contributed by atoms with Crippen molar-refractivity contribution in [3.05, 3.63) is 35.9 Å². The van der Waals surface area contributed by atoms with E-state index in [1.54, 1.807) is 0 Å². The van der Waals surface area contributed by atoms with Gasteiger partial charge in [0.2, 0.25) is 0 Å². The fraction of sp³-hybridized carbons (Fsp3) is 0.571. The molecule has 0 spiro atoms. The summed E-state index contributed by atoms with van der Waals surface area (Å²) in [7, 11) is 0. The largest absolute Gasteiger partial charge is 0.299 e. The molecular weight excluding hydrogens is 262 g/mol. The van der Waals surface area contributed by atoms with Crippen LogP contribution in [0.15, 0.2) is 30.3 Å². The fourth-order valence-corrected chi connectivity index (χ4v) is 3.17. The summed E-state index contributed by atoms with van der Waals surface area (Å²) in [5.41, 5.74) is 1.45. The second kappa shape index (κ2) is 6.41. The highest BCUT2D eigenvalue weighted by atomic mass is 79.9. The van der Waals surface area contributed by atoms with Gasteiger partial charge in [0, 0.05) is 18.4 Å². The molecule has 1 heterocycles. The Morgan fingerprint density at radius 2 is 2.06 bits per heavy atom. The van der Waals surface area contributed by atoms with Gasteiger partial charge in [-0.2, -0.15) is 0 Å². The summed E-state index contributed by atoms with van der Waals surface area (Å²) >= 11 is 3.55. The average Bonchev–Trinajstić information content (AvgIpc) is 2.31. The Labute approximate surface area is 107 Å². The van der Waals surface area contributed by atoms with Crippen molar-refractivity contribution in [3.63, 3.8) is 0 Å². The molecule has 0 saturated carbocycles. The molecule has 1 aliphatic rings. The predicted octanol–water partition coefficient (Wildman–Crippen LogP) is 3.68. The van der Waals surface area contributed by atoms with Gasteiger partial charge in [-0.05, 0) is 37.3 Å². The Bertz CT molecular complexity index is 297. The number of halogens is 1. The number of alkyl halides is 1. The van der Waals surface area contributed by atoms with Crippen LogP contribution in [0.3, 0.4) is 0 Å². The summed E-state index contributed by atoms with van der Waals surface area (Å²) < 4.78 is 0. The molecule has 1 fully saturated rings. The molecular formula is C14H20BrN. The van der Waals surface area contributed by atoms with Gasteiger partial charge in [0.05, 0.1) is 0 Å². The zero-order chi connectivity index (χ0) is 11.2. The van der Waals surface area contributed by atoms with Crippen molar-refractivity contribution in [1.82, 2.24) is 4.90 Å². The molecule has 88 valence electrons. The molecule has 0 aromatic heterocycles. The maximum atomic E-state index is 3.55. The Morgan fingerprint density at radius 1 is 1.25 bits per heavy atom. The first-order valence-electron chi connectivity index (χ1n) is 6.20. The molecule has 1 aliphatic heterocycles. The molecule has 1 atom stereocenters. The lowest BCUT2D eigenvalue weighted by molar-refractivity contribution is 0.165. The Kier molecular flexibility index (Phi) is 4.86. The van der Waals surface area contributed by atoms with E-state index in [9.17, 15) is 0 Å². The quantitative estimate of drug-likeness (QED) is 0.761. The second-order valence-electron chi connectivity index (χ2n) is 4.71. The van der Waals surface area contributed by atoms with Crippen LogP contribution in [0.1, 0.15) is 24.8 Å². The molecule has 0 bridgehead atoms. The lowest BCUT2D eigenvalue weighted by Gasteiger charge is -2.32. The minimum Gasteiger partial charge on any atom is -0.299 e. The van der Waals surface area contributed by atoms with Gasteiger partial charge in [-0.25, -0.2) is 0 Å². The zero-order valence-electron chi connectivity index (χ0n) is 9.74. The molecule has 0 radical (unpaired) electrons. The van der Waals surface area contributed by atoms with Crippen LogP contribution in [0.25, 0.3) is 0 Å². The van der Waals surface area contributed by atoms with Crippen molar-refractivity contribution in [1.29, 1.82) is 0 Å². The highest BCUT2D eigenvalue weighted by Gasteiger charge is 2.18. The van der Waals surface area contributed by atoms with E-state index < -0.39 is 0 Å². The fourth-order valence-electron chi connectivity index (χ4n) is 2.53. The van der Waals surface area contributed by atoms with Crippen LogP contribution in [-0.2, 0) is 6.54 Å². The summed E-state index contributed by atoms with van der Waals surface area (Å²) in [6.45, 7) is 3.67. The van der Waals surface area contributed by atoms with Gasteiger partial charge < -0.3 is 0 Å². The Balaban J connectivity index is 1.85. The summed E-state index contributed by atoms with van der Waals surface area (Å²) in [6.07, 6.45) is 4.10. The standard InChI is InChI=1S/C14H20BrN/c15-9-8-14-7-4-10-16(12-14)11-13-5-2-1-3-6-13/h1-3,5-6,14H,4,7-12H2. The second-order valence-corrected chi connectivity index (χ2v) is 5.50. The van der Waals surface area contributed by atoms with Crippen molar-refractivity contribution in [2.45, 2.75) is 25.8 Å². The van der Waals surface area contributed by atoms with Crippen LogP contribution in [0, 0.1) is 5.92 Å². The monoisotopic (exact) mass is 281 g/mol. The lowest BCUT2D eigenvalue weighted by Crippen LogP contribution is -2.35. The number of hydrogen-bond donors (Lipinski definition) is 0. The minimum absolute atomic E-state index is 0.900. The predicted molar refractivity (Wildman–Crippen MR) is 72.9 cm³/mol. The Morgan fingerprint density at radius 3 is 2.81 bits per heavy atom. The van der Waals surface area contributed by atoms with E-state index in [0.717, 1.165) is 17.8 Å². The Hall–Kier alpha value is -0.340. The van der Waals surface area contributed by atoms with Gasteiger partial charge in [-0.1, -0.05) is 46.3 Å². The number of likely N-dealkylation sites (tertiary alicyclic amines) is 1. The first-order valence-corrected chi connectivity index (χ1v) is 7.33. The van der Waals surface area contributed by atoms with Crippen LogP contribution in [0.5, 0.6) is 0 Å². The highest BCUT2D eigenvalue weighted by molar-refractivity contribution is 9.09. The van der Waals surface area contributed by atoms with Crippen LogP contribution in [-0.4, -0.2) is 23.3 Å². The first-order chi connectivity index (χ1) is 7.88. The molecule has 1 saturated heterocycles. The van der Waals surface area contributed by atoms with E-state index in [4.69, 9.17) is 0 Å². The molecule has 0 N–H and O–H groups in total. The molecule has 1 nitrogen and oxygen atoms in total. The number of nitrogens with zero attached hydrogens (tertiary/aromatic N) is 1. The number of piperidine rings is 1. The maximum absolute atomic E-state index is 3.55. The summed E-state index contributed by atoms with van der Waals surface area (Å²) in [5.74, 6) is 0.900. The number of rotatable bonds is 4. The van der Waals surface area contributed by atoms with Gasteiger partial charge in [-0.3, -0.25) is 4.90 Å². The van der Waals surface area contributed by atoms with Gasteiger partial charge in [0.15, 0.2) is 0 Å². The van der Waals surface area contributed by atoms with E-state index in [0.29, 0.717) is 0 Å². The SMILES string of the molecule is BrCCC1CCCN(Cc2ccccc2)C1. The van der Waals surface area contributed by atoms with Gasteiger partial charge in [0.25, 0.3) is 0 Å². The van der Waals surface area contributed by atoms with Crippen molar-refractivity contribution in [2.24, 2.45) is 5.92 Å². The lowest BCUT2D eigenvalue weighted by atomic mass is 9.95. The van der Waals surface area contributed by atoms with Crippen molar-refractivity contribution in [3.8, 4) is 0 Å². The van der Waals surface area contributed by atoms with Crippen LogP contribution in [0.2, 0.25) is 0 Å². The van der Waals surface area contributed by atoms with Gasteiger partial charge >= 0.3 is 0 Å². The van der Waals surface area contributed by atoms with Crippen molar-refractivity contribution < 1.29 is 0 Å². The topological polar surface area (TPSA) is 3.24 Å². The molecule has 0 amide bonds. The normalized spacial score (nSPS) is 22.2. The number of benzene rings is 1. The molecule has 16 heavy (non-hydrogen) atoms. The van der Waals surface area contributed by atoms with E-state index in [1.807, 2.05) is 0 Å². The molecule has 0 aliphatic carbocycles. The third-order valence-corrected chi connectivity index (χ3v) is 3.83. The summed E-state index contributed by atoms with van der Waals surface area (Å²) in [6, 6.07) is 10.8. The zero-order valence-corrected chi connectivity index (χ0v) is 11.3. The third-order valence-electron chi connectivity index (χ3n) is 3.37. The molecule has 1 aromatic carbocycles.